The molecule has 78 valence electrons. The van der Waals surface area contributed by atoms with Gasteiger partial charge in [-0.1, -0.05) is 31.9 Å². The molecule has 0 aliphatic heterocycles. The molecule has 1 spiro atoms. The van der Waals surface area contributed by atoms with Crippen molar-refractivity contribution in [3.05, 3.63) is 11.6 Å². The van der Waals surface area contributed by atoms with Gasteiger partial charge in [0.2, 0.25) is 0 Å². The van der Waals surface area contributed by atoms with Gasteiger partial charge < -0.3 is 0 Å². The fraction of sp³-hybridized carbons (Fsp3) is 0.857. The molecule has 0 bridgehead atoms. The van der Waals surface area contributed by atoms with E-state index in [0.717, 1.165) is 17.3 Å². The lowest BCUT2D eigenvalue weighted by molar-refractivity contribution is 0.193. The highest BCUT2D eigenvalue weighted by atomic mass is 14.6. The molecule has 0 heterocycles. The van der Waals surface area contributed by atoms with E-state index in [4.69, 9.17) is 0 Å². The summed E-state index contributed by atoms with van der Waals surface area (Å²) in [7, 11) is 0. The minimum absolute atomic E-state index is 0.616. The Morgan fingerprint density at radius 3 is 2.93 bits per heavy atom. The van der Waals surface area contributed by atoms with Crippen LogP contribution in [0, 0.1) is 22.7 Å². The van der Waals surface area contributed by atoms with Crippen LogP contribution in [-0.2, 0) is 0 Å². The highest BCUT2D eigenvalue weighted by Gasteiger charge is 2.58. The average molecular weight is 190 g/mol. The molecule has 0 amide bonds. The van der Waals surface area contributed by atoms with Gasteiger partial charge in [-0.3, -0.25) is 0 Å². The standard InChI is InChI=1S/C14H22/c1-10-7-11-8-13(2,3)9-14(11)6-4-5-12(10)14/h7,11-12H,4-6,8-9H2,1-3H3/t11-,12+,14+/m1/s1. The zero-order valence-corrected chi connectivity index (χ0v) is 9.77. The third-order valence-electron chi connectivity index (χ3n) is 5.16. The topological polar surface area (TPSA) is 0 Å². The average Bonchev–Trinajstić information content (AvgIpc) is 2.60. The van der Waals surface area contributed by atoms with E-state index in [-0.39, 0.29) is 0 Å². The van der Waals surface area contributed by atoms with Crippen LogP contribution in [-0.4, -0.2) is 0 Å². The van der Waals surface area contributed by atoms with Crippen molar-refractivity contribution in [2.75, 3.05) is 0 Å². The second kappa shape index (κ2) is 2.46. The third-order valence-corrected chi connectivity index (χ3v) is 5.16. The molecule has 0 radical (unpaired) electrons. The molecular weight excluding hydrogens is 168 g/mol. The smallest absolute Gasteiger partial charge is 0.0143 e. The lowest BCUT2D eigenvalue weighted by atomic mass is 9.72. The van der Waals surface area contributed by atoms with Gasteiger partial charge in [-0.05, 0) is 55.3 Å². The molecule has 3 aliphatic carbocycles. The summed E-state index contributed by atoms with van der Waals surface area (Å²) in [4.78, 5) is 0. The first-order chi connectivity index (χ1) is 6.54. The molecule has 0 aromatic heterocycles. The predicted octanol–water partition coefficient (Wildman–Crippen LogP) is 4.17. The zero-order valence-electron chi connectivity index (χ0n) is 9.77. The van der Waals surface area contributed by atoms with Crippen LogP contribution in [0.2, 0.25) is 0 Å². The maximum Gasteiger partial charge on any atom is -0.0143 e. The normalized spacial score (nSPS) is 48.9. The van der Waals surface area contributed by atoms with Crippen molar-refractivity contribution in [3.63, 3.8) is 0 Å². The highest BCUT2D eigenvalue weighted by Crippen LogP contribution is 2.68. The lowest BCUT2D eigenvalue weighted by Crippen LogP contribution is -2.25. The summed E-state index contributed by atoms with van der Waals surface area (Å²) in [6.45, 7) is 7.32. The van der Waals surface area contributed by atoms with E-state index in [1.54, 1.807) is 5.57 Å². The Balaban J connectivity index is 2.02. The van der Waals surface area contributed by atoms with Crippen molar-refractivity contribution in [3.8, 4) is 0 Å². The first-order valence-electron chi connectivity index (χ1n) is 6.22. The molecule has 0 aromatic rings. The number of hydrogen-bond donors (Lipinski definition) is 0. The summed E-state index contributed by atoms with van der Waals surface area (Å²) >= 11 is 0. The molecule has 0 N–H and O–H groups in total. The fourth-order valence-corrected chi connectivity index (χ4v) is 4.98. The Kier molecular flexibility index (Phi) is 1.58. The summed E-state index contributed by atoms with van der Waals surface area (Å²) in [5.74, 6) is 1.90. The van der Waals surface area contributed by atoms with Gasteiger partial charge in [-0.25, -0.2) is 0 Å². The SMILES string of the molecule is CC1=C[C@@H]2CC(C)(C)C[C@@]23CCC[C@@H]13. The number of rotatable bonds is 0. The summed E-state index contributed by atoms with van der Waals surface area (Å²) in [5.41, 5.74) is 3.07. The van der Waals surface area contributed by atoms with Crippen LogP contribution in [0.4, 0.5) is 0 Å². The molecule has 0 aromatic carbocycles. The number of hydrogen-bond acceptors (Lipinski definition) is 0. The van der Waals surface area contributed by atoms with Gasteiger partial charge in [0.15, 0.2) is 0 Å². The minimum Gasteiger partial charge on any atom is -0.0816 e. The molecule has 0 unspecified atom stereocenters. The van der Waals surface area contributed by atoms with Gasteiger partial charge in [-0.15, -0.1) is 0 Å². The number of allylic oxidation sites excluding steroid dienone is 2. The lowest BCUT2D eigenvalue weighted by Gasteiger charge is -2.32. The fourth-order valence-electron chi connectivity index (χ4n) is 4.98. The van der Waals surface area contributed by atoms with E-state index in [9.17, 15) is 0 Å². The van der Waals surface area contributed by atoms with Crippen LogP contribution in [0.25, 0.3) is 0 Å². The molecule has 0 nitrogen and oxygen atoms in total. The van der Waals surface area contributed by atoms with Gasteiger partial charge >= 0.3 is 0 Å². The van der Waals surface area contributed by atoms with Crippen molar-refractivity contribution in [1.29, 1.82) is 0 Å². The molecule has 3 atom stereocenters. The van der Waals surface area contributed by atoms with Crippen LogP contribution in [0.5, 0.6) is 0 Å². The van der Waals surface area contributed by atoms with Crippen molar-refractivity contribution < 1.29 is 0 Å². The summed E-state index contributed by atoms with van der Waals surface area (Å²) in [6, 6.07) is 0. The third kappa shape index (κ3) is 0.951. The largest absolute Gasteiger partial charge is 0.0816 e. The van der Waals surface area contributed by atoms with Gasteiger partial charge in [0.1, 0.15) is 0 Å². The molecule has 3 rings (SSSR count). The van der Waals surface area contributed by atoms with E-state index in [2.05, 4.69) is 26.8 Å². The summed E-state index contributed by atoms with van der Waals surface area (Å²) in [5, 5.41) is 0. The highest BCUT2D eigenvalue weighted by molar-refractivity contribution is 5.27. The molecule has 0 saturated heterocycles. The van der Waals surface area contributed by atoms with Gasteiger partial charge in [0, 0.05) is 0 Å². The van der Waals surface area contributed by atoms with Gasteiger partial charge in [-0.2, -0.15) is 0 Å². The molecule has 0 heteroatoms. The first kappa shape index (κ1) is 9.00. The maximum absolute atomic E-state index is 2.62. The Labute approximate surface area is 87.8 Å². The van der Waals surface area contributed by atoms with Gasteiger partial charge in [0.25, 0.3) is 0 Å². The second-order valence-electron chi connectivity index (χ2n) is 6.74. The van der Waals surface area contributed by atoms with Crippen LogP contribution in [0.1, 0.15) is 52.9 Å². The van der Waals surface area contributed by atoms with E-state index in [1.165, 1.54) is 32.1 Å². The first-order valence-corrected chi connectivity index (χ1v) is 6.22. The zero-order chi connectivity index (χ0) is 9.97. The quantitative estimate of drug-likeness (QED) is 0.503. The second-order valence-corrected chi connectivity index (χ2v) is 6.74. The molecular formula is C14H22. The Morgan fingerprint density at radius 2 is 2.14 bits per heavy atom. The monoisotopic (exact) mass is 190 g/mol. The van der Waals surface area contributed by atoms with Crippen molar-refractivity contribution in [2.45, 2.75) is 52.9 Å². The summed E-state index contributed by atoms with van der Waals surface area (Å²) in [6.07, 6.45) is 10.0. The van der Waals surface area contributed by atoms with E-state index in [1.807, 2.05) is 0 Å². The van der Waals surface area contributed by atoms with E-state index in [0.29, 0.717) is 5.41 Å². The summed E-state index contributed by atoms with van der Waals surface area (Å²) < 4.78 is 0. The Bertz CT molecular complexity index is 297. The molecule has 2 saturated carbocycles. The maximum atomic E-state index is 2.62. The Morgan fingerprint density at radius 1 is 1.36 bits per heavy atom. The van der Waals surface area contributed by atoms with Crippen LogP contribution in [0.15, 0.2) is 11.6 Å². The van der Waals surface area contributed by atoms with Crippen LogP contribution in [0.3, 0.4) is 0 Å². The van der Waals surface area contributed by atoms with E-state index >= 15 is 0 Å². The van der Waals surface area contributed by atoms with Crippen molar-refractivity contribution in [1.82, 2.24) is 0 Å². The molecule has 2 fully saturated rings. The van der Waals surface area contributed by atoms with Gasteiger partial charge in [0.05, 0.1) is 0 Å². The van der Waals surface area contributed by atoms with E-state index < -0.39 is 0 Å². The predicted molar refractivity (Wildman–Crippen MR) is 60.0 cm³/mol. The minimum atomic E-state index is 0.616. The van der Waals surface area contributed by atoms with Crippen molar-refractivity contribution >= 4 is 0 Å². The van der Waals surface area contributed by atoms with Crippen molar-refractivity contribution in [2.24, 2.45) is 22.7 Å². The van der Waals surface area contributed by atoms with Crippen LogP contribution < -0.4 is 0 Å². The van der Waals surface area contributed by atoms with Crippen LogP contribution >= 0.6 is 0 Å². The molecule has 14 heavy (non-hydrogen) atoms. The Hall–Kier alpha value is -0.260. The molecule has 3 aliphatic rings.